The molecular formula is C10H14N2O3. The summed E-state index contributed by atoms with van der Waals surface area (Å²) in [4.78, 5) is 7.73. The van der Waals surface area contributed by atoms with Crippen LogP contribution in [0.4, 0.5) is 0 Å². The molecular weight excluding hydrogens is 196 g/mol. The number of hydrogen-bond donors (Lipinski definition) is 2. The molecule has 2 N–H and O–H groups in total. The summed E-state index contributed by atoms with van der Waals surface area (Å²) in [5.41, 5.74) is 0. The van der Waals surface area contributed by atoms with Crippen molar-refractivity contribution in [1.29, 1.82) is 0 Å². The molecule has 0 aromatic carbocycles. The maximum atomic E-state index is 9.56. The van der Waals surface area contributed by atoms with Crippen LogP contribution in [0.15, 0.2) is 18.6 Å². The lowest BCUT2D eigenvalue weighted by Gasteiger charge is -2.11. The lowest BCUT2D eigenvalue weighted by molar-refractivity contribution is 0.0897. The molecule has 0 spiro atoms. The van der Waals surface area contributed by atoms with Crippen molar-refractivity contribution in [3.8, 4) is 5.88 Å². The predicted molar refractivity (Wildman–Crippen MR) is 52.3 cm³/mol. The zero-order valence-corrected chi connectivity index (χ0v) is 8.28. The highest BCUT2D eigenvalue weighted by molar-refractivity contribution is 5.05. The van der Waals surface area contributed by atoms with Gasteiger partial charge in [0.1, 0.15) is 12.4 Å². The lowest BCUT2D eigenvalue weighted by atomic mass is 10.1. The third-order valence-electron chi connectivity index (χ3n) is 2.69. The Labute approximate surface area is 87.8 Å². The summed E-state index contributed by atoms with van der Waals surface area (Å²) in [6, 6.07) is 1.68. The first-order valence-electron chi connectivity index (χ1n) is 5.01. The number of aromatic nitrogens is 2. The van der Waals surface area contributed by atoms with Crippen LogP contribution in [0.3, 0.4) is 0 Å². The average Bonchev–Trinajstić information content (AvgIpc) is 2.60. The summed E-state index contributed by atoms with van der Waals surface area (Å²) >= 11 is 0. The van der Waals surface area contributed by atoms with Gasteiger partial charge in [0.2, 0.25) is 5.88 Å². The first-order chi connectivity index (χ1) is 7.29. The molecule has 0 saturated heterocycles. The van der Waals surface area contributed by atoms with Gasteiger partial charge in [0.25, 0.3) is 0 Å². The summed E-state index contributed by atoms with van der Waals surface area (Å²) in [5, 5.41) is 18.5. The molecule has 82 valence electrons. The van der Waals surface area contributed by atoms with Gasteiger partial charge in [-0.1, -0.05) is 0 Å². The van der Waals surface area contributed by atoms with E-state index in [0.29, 0.717) is 18.7 Å². The van der Waals surface area contributed by atoms with Crippen molar-refractivity contribution in [2.24, 2.45) is 5.92 Å². The van der Waals surface area contributed by atoms with E-state index in [1.807, 2.05) is 0 Å². The molecule has 5 heteroatoms. The minimum Gasteiger partial charge on any atom is -0.474 e. The van der Waals surface area contributed by atoms with Crippen LogP contribution in [0.2, 0.25) is 0 Å². The molecule has 0 aliphatic heterocycles. The monoisotopic (exact) mass is 210 g/mol. The van der Waals surface area contributed by atoms with Crippen molar-refractivity contribution in [1.82, 2.24) is 9.97 Å². The number of rotatable bonds is 3. The number of nitrogens with zero attached hydrogens (tertiary/aromatic N) is 2. The van der Waals surface area contributed by atoms with Gasteiger partial charge in [0.05, 0.1) is 6.10 Å². The zero-order valence-electron chi connectivity index (χ0n) is 8.28. The molecule has 15 heavy (non-hydrogen) atoms. The summed E-state index contributed by atoms with van der Waals surface area (Å²) < 4.78 is 5.56. The molecule has 1 heterocycles. The number of ether oxygens (including phenoxy) is 1. The van der Waals surface area contributed by atoms with Gasteiger partial charge < -0.3 is 14.9 Å². The van der Waals surface area contributed by atoms with Crippen molar-refractivity contribution in [3.63, 3.8) is 0 Å². The van der Waals surface area contributed by atoms with E-state index < -0.39 is 6.10 Å². The Morgan fingerprint density at radius 3 is 2.93 bits per heavy atom. The van der Waals surface area contributed by atoms with Gasteiger partial charge in [-0.25, -0.2) is 9.97 Å². The van der Waals surface area contributed by atoms with Crippen LogP contribution in [0, 0.1) is 5.92 Å². The van der Waals surface area contributed by atoms with Crippen molar-refractivity contribution in [2.75, 3.05) is 6.61 Å². The maximum Gasteiger partial charge on any atom is 0.216 e. The largest absolute Gasteiger partial charge is 0.474 e. The standard InChI is InChI=1S/C10H14N2O3/c13-5-7-3-8(4-9(7)14)15-10-1-2-11-6-12-10/h1-2,6-9,13-14H,3-5H2/t7?,8-,9+/m1/s1. The van der Waals surface area contributed by atoms with Crippen molar-refractivity contribution < 1.29 is 14.9 Å². The Morgan fingerprint density at radius 1 is 1.47 bits per heavy atom. The SMILES string of the molecule is OCC1C[C@@H](Oc2ccncn2)C[C@@H]1O. The minimum absolute atomic E-state index is 0.00476. The lowest BCUT2D eigenvalue weighted by Crippen LogP contribution is -2.16. The summed E-state index contributed by atoms with van der Waals surface area (Å²) in [6.07, 6.45) is 3.71. The summed E-state index contributed by atoms with van der Waals surface area (Å²) in [7, 11) is 0. The van der Waals surface area contributed by atoms with E-state index in [-0.39, 0.29) is 18.6 Å². The van der Waals surface area contributed by atoms with Gasteiger partial charge in [-0.3, -0.25) is 0 Å². The number of hydrogen-bond acceptors (Lipinski definition) is 5. The van der Waals surface area contributed by atoms with Crippen LogP contribution in [-0.2, 0) is 0 Å². The molecule has 3 atom stereocenters. The molecule has 1 aliphatic carbocycles. The average molecular weight is 210 g/mol. The van der Waals surface area contributed by atoms with Gasteiger partial charge in [-0.15, -0.1) is 0 Å². The predicted octanol–water partition coefficient (Wildman–Crippen LogP) is -0.0128. The molecule has 1 unspecified atom stereocenters. The fourth-order valence-corrected chi connectivity index (χ4v) is 1.86. The van der Waals surface area contributed by atoms with Crippen molar-refractivity contribution in [3.05, 3.63) is 18.6 Å². The normalized spacial score (nSPS) is 30.4. The van der Waals surface area contributed by atoms with Gasteiger partial charge in [-0.05, 0) is 6.42 Å². The third-order valence-corrected chi connectivity index (χ3v) is 2.69. The second-order valence-electron chi connectivity index (χ2n) is 3.77. The first-order valence-corrected chi connectivity index (χ1v) is 5.01. The molecule has 0 amide bonds. The van der Waals surface area contributed by atoms with E-state index >= 15 is 0 Å². The molecule has 5 nitrogen and oxygen atoms in total. The molecule has 2 rings (SSSR count). The Morgan fingerprint density at radius 2 is 2.33 bits per heavy atom. The molecule has 1 aromatic heterocycles. The molecule has 1 fully saturated rings. The highest BCUT2D eigenvalue weighted by atomic mass is 16.5. The quantitative estimate of drug-likeness (QED) is 0.733. The van der Waals surface area contributed by atoms with E-state index in [1.54, 1.807) is 12.3 Å². The molecule has 1 saturated carbocycles. The Balaban J connectivity index is 1.92. The Kier molecular flexibility index (Phi) is 3.13. The Bertz CT molecular complexity index is 307. The van der Waals surface area contributed by atoms with Crippen LogP contribution < -0.4 is 4.74 Å². The van der Waals surface area contributed by atoms with Gasteiger partial charge in [0, 0.05) is 31.2 Å². The molecule has 1 aromatic rings. The smallest absolute Gasteiger partial charge is 0.216 e. The summed E-state index contributed by atoms with van der Waals surface area (Å²) in [5.74, 6) is 0.442. The maximum absolute atomic E-state index is 9.56. The van der Waals surface area contributed by atoms with E-state index in [9.17, 15) is 5.11 Å². The van der Waals surface area contributed by atoms with Gasteiger partial charge >= 0.3 is 0 Å². The van der Waals surface area contributed by atoms with E-state index in [1.165, 1.54) is 6.33 Å². The molecule has 0 radical (unpaired) electrons. The molecule has 0 bridgehead atoms. The fourth-order valence-electron chi connectivity index (χ4n) is 1.86. The van der Waals surface area contributed by atoms with Crippen molar-refractivity contribution in [2.45, 2.75) is 25.0 Å². The van der Waals surface area contributed by atoms with Gasteiger partial charge in [-0.2, -0.15) is 0 Å². The highest BCUT2D eigenvalue weighted by Gasteiger charge is 2.33. The van der Waals surface area contributed by atoms with Crippen molar-refractivity contribution >= 4 is 0 Å². The fraction of sp³-hybridized carbons (Fsp3) is 0.600. The van der Waals surface area contributed by atoms with E-state index in [0.717, 1.165) is 0 Å². The number of aliphatic hydroxyl groups is 2. The number of aliphatic hydroxyl groups excluding tert-OH is 2. The van der Waals surface area contributed by atoms with E-state index in [4.69, 9.17) is 9.84 Å². The van der Waals surface area contributed by atoms with Gasteiger partial charge in [0.15, 0.2) is 0 Å². The zero-order chi connectivity index (χ0) is 10.7. The third kappa shape index (κ3) is 2.43. The van der Waals surface area contributed by atoms with Crippen LogP contribution in [0.5, 0.6) is 5.88 Å². The van der Waals surface area contributed by atoms with Crippen LogP contribution in [-0.4, -0.2) is 39.0 Å². The Hall–Kier alpha value is -1.20. The van der Waals surface area contributed by atoms with Crippen LogP contribution >= 0.6 is 0 Å². The first kappa shape index (κ1) is 10.3. The second-order valence-corrected chi connectivity index (χ2v) is 3.77. The van der Waals surface area contributed by atoms with Crippen LogP contribution in [0.1, 0.15) is 12.8 Å². The topological polar surface area (TPSA) is 75.5 Å². The minimum atomic E-state index is -0.471. The second kappa shape index (κ2) is 4.55. The van der Waals surface area contributed by atoms with Crippen LogP contribution in [0.25, 0.3) is 0 Å². The van der Waals surface area contributed by atoms with E-state index in [2.05, 4.69) is 9.97 Å². The highest BCUT2D eigenvalue weighted by Crippen LogP contribution is 2.28. The molecule has 1 aliphatic rings. The summed E-state index contributed by atoms with van der Waals surface area (Å²) in [6.45, 7) is 0.00476.